The van der Waals surface area contributed by atoms with Crippen molar-refractivity contribution in [3.8, 4) is 17.0 Å². The predicted molar refractivity (Wildman–Crippen MR) is 120 cm³/mol. The molecule has 1 aromatic heterocycles. The second-order valence-electron chi connectivity index (χ2n) is 7.82. The van der Waals surface area contributed by atoms with Crippen LogP contribution in [-0.2, 0) is 6.54 Å². The van der Waals surface area contributed by atoms with Gasteiger partial charge in [0, 0.05) is 23.7 Å². The van der Waals surface area contributed by atoms with Gasteiger partial charge in [0.25, 0.3) is 5.91 Å². The number of aromatic nitrogens is 1. The number of methoxy groups -OCH3 is 1. The number of rotatable bonds is 7. The highest BCUT2D eigenvalue weighted by Gasteiger charge is 2.21. The summed E-state index contributed by atoms with van der Waals surface area (Å²) in [5, 5.41) is 7.73. The van der Waals surface area contributed by atoms with Gasteiger partial charge < -0.3 is 14.6 Å². The lowest BCUT2D eigenvalue weighted by Gasteiger charge is -2.31. The Morgan fingerprint density at radius 3 is 2.71 bits per heavy atom. The van der Waals surface area contributed by atoms with E-state index in [0.717, 1.165) is 49.5 Å². The summed E-state index contributed by atoms with van der Waals surface area (Å²) in [6.45, 7) is 3.36. The minimum absolute atomic E-state index is 0.104. The molecule has 0 unspecified atom stereocenters. The van der Waals surface area contributed by atoms with Crippen LogP contribution in [0.5, 0.6) is 5.75 Å². The molecular formula is C24H26ClN3O3. The number of amides is 1. The first-order chi connectivity index (χ1) is 15.1. The smallest absolute Gasteiger partial charge is 0.251 e. The molecule has 3 aromatic rings. The van der Waals surface area contributed by atoms with Crippen molar-refractivity contribution >= 4 is 17.5 Å². The van der Waals surface area contributed by atoms with Gasteiger partial charge in [-0.3, -0.25) is 9.69 Å². The molecule has 1 aliphatic heterocycles. The van der Waals surface area contributed by atoms with E-state index in [0.29, 0.717) is 28.8 Å². The van der Waals surface area contributed by atoms with Crippen molar-refractivity contribution in [3.63, 3.8) is 0 Å². The van der Waals surface area contributed by atoms with Crippen molar-refractivity contribution in [2.75, 3.05) is 26.7 Å². The molecule has 0 aliphatic carbocycles. The fourth-order valence-electron chi connectivity index (χ4n) is 3.84. The summed E-state index contributed by atoms with van der Waals surface area (Å²) in [4.78, 5) is 14.8. The molecule has 7 heteroatoms. The Balaban J connectivity index is 1.23. The zero-order valence-electron chi connectivity index (χ0n) is 17.5. The van der Waals surface area contributed by atoms with E-state index in [1.54, 1.807) is 18.2 Å². The van der Waals surface area contributed by atoms with Crippen molar-refractivity contribution in [1.82, 2.24) is 15.4 Å². The fraction of sp³-hybridized carbons (Fsp3) is 0.333. The lowest BCUT2D eigenvalue weighted by Crippen LogP contribution is -2.38. The molecule has 31 heavy (non-hydrogen) atoms. The minimum atomic E-state index is -0.104. The fourth-order valence-corrected chi connectivity index (χ4v) is 4.04. The first kappa shape index (κ1) is 21.4. The van der Waals surface area contributed by atoms with Crippen LogP contribution in [0.1, 0.15) is 29.0 Å². The Morgan fingerprint density at radius 1 is 1.19 bits per heavy atom. The highest BCUT2D eigenvalue weighted by atomic mass is 35.5. The molecular weight excluding hydrogens is 414 g/mol. The maximum absolute atomic E-state index is 12.5. The van der Waals surface area contributed by atoms with Gasteiger partial charge in [0.05, 0.1) is 18.7 Å². The molecule has 1 fully saturated rings. The third kappa shape index (κ3) is 5.46. The zero-order chi connectivity index (χ0) is 21.6. The summed E-state index contributed by atoms with van der Waals surface area (Å²) in [7, 11) is 1.54. The molecule has 1 saturated heterocycles. The van der Waals surface area contributed by atoms with Crippen LogP contribution in [0.25, 0.3) is 11.3 Å². The third-order valence-corrected chi connectivity index (χ3v) is 5.99. The molecule has 1 aliphatic rings. The molecule has 0 spiro atoms. The molecule has 1 N–H and O–H groups in total. The number of ether oxygens (including phenoxy) is 1. The van der Waals surface area contributed by atoms with Gasteiger partial charge in [0.1, 0.15) is 11.4 Å². The van der Waals surface area contributed by atoms with E-state index >= 15 is 0 Å². The topological polar surface area (TPSA) is 67.6 Å². The summed E-state index contributed by atoms with van der Waals surface area (Å²) >= 11 is 6.03. The van der Waals surface area contributed by atoms with E-state index in [1.165, 1.54) is 7.11 Å². The second-order valence-corrected chi connectivity index (χ2v) is 8.23. The number of likely N-dealkylation sites (tertiary alicyclic amines) is 1. The second kappa shape index (κ2) is 9.98. The molecule has 0 radical (unpaired) electrons. The molecule has 2 aromatic carbocycles. The number of piperidine rings is 1. The van der Waals surface area contributed by atoms with E-state index in [4.69, 9.17) is 20.9 Å². The third-order valence-electron chi connectivity index (χ3n) is 5.68. The van der Waals surface area contributed by atoms with E-state index in [1.807, 2.05) is 36.4 Å². The van der Waals surface area contributed by atoms with Crippen LogP contribution >= 0.6 is 11.6 Å². The molecule has 6 nitrogen and oxygen atoms in total. The maximum Gasteiger partial charge on any atom is 0.251 e. The standard InChI is InChI=1S/C24H26ClN3O3/c1-30-23-13-19(7-8-21(23)25)24(29)26-15-17-9-11-28(12-10-17)16-20-14-22(27-31-20)18-5-3-2-4-6-18/h2-8,13-14,17H,9-12,15-16H2,1H3,(H,26,29). The lowest BCUT2D eigenvalue weighted by atomic mass is 9.96. The van der Waals surface area contributed by atoms with Crippen LogP contribution < -0.4 is 10.1 Å². The summed E-state index contributed by atoms with van der Waals surface area (Å²) in [6.07, 6.45) is 2.06. The highest BCUT2D eigenvalue weighted by molar-refractivity contribution is 6.32. The first-order valence-corrected chi connectivity index (χ1v) is 10.9. The van der Waals surface area contributed by atoms with Crippen LogP contribution in [0.15, 0.2) is 59.1 Å². The summed E-state index contributed by atoms with van der Waals surface area (Å²) in [5.41, 5.74) is 2.48. The van der Waals surface area contributed by atoms with Gasteiger partial charge in [-0.1, -0.05) is 47.1 Å². The van der Waals surface area contributed by atoms with E-state index in [9.17, 15) is 4.79 Å². The summed E-state index contributed by atoms with van der Waals surface area (Å²) in [6, 6.07) is 17.1. The van der Waals surface area contributed by atoms with Crippen LogP contribution in [0.2, 0.25) is 5.02 Å². The Labute approximate surface area is 187 Å². The minimum Gasteiger partial charge on any atom is -0.495 e. The highest BCUT2D eigenvalue weighted by Crippen LogP contribution is 2.25. The van der Waals surface area contributed by atoms with E-state index in [2.05, 4.69) is 15.4 Å². The van der Waals surface area contributed by atoms with Crippen LogP contribution in [0.4, 0.5) is 0 Å². The summed E-state index contributed by atoms with van der Waals surface area (Å²) in [5.74, 6) is 1.74. The van der Waals surface area contributed by atoms with Gasteiger partial charge in [-0.05, 0) is 50.0 Å². The van der Waals surface area contributed by atoms with Gasteiger partial charge in [0.2, 0.25) is 0 Å². The molecule has 0 bridgehead atoms. The molecule has 1 amide bonds. The molecule has 162 valence electrons. The average molecular weight is 440 g/mol. The largest absolute Gasteiger partial charge is 0.495 e. The van der Waals surface area contributed by atoms with Crippen molar-refractivity contribution in [1.29, 1.82) is 0 Å². The Bertz CT molecular complexity index is 1010. The van der Waals surface area contributed by atoms with Gasteiger partial charge in [0.15, 0.2) is 5.76 Å². The van der Waals surface area contributed by atoms with E-state index in [-0.39, 0.29) is 5.91 Å². The van der Waals surface area contributed by atoms with Gasteiger partial charge in [-0.15, -0.1) is 0 Å². The van der Waals surface area contributed by atoms with Crippen molar-refractivity contribution in [2.24, 2.45) is 5.92 Å². The Morgan fingerprint density at radius 2 is 1.97 bits per heavy atom. The first-order valence-electron chi connectivity index (χ1n) is 10.5. The monoisotopic (exact) mass is 439 g/mol. The SMILES string of the molecule is COc1cc(C(=O)NCC2CCN(Cc3cc(-c4ccccc4)no3)CC2)ccc1Cl. The molecule has 4 rings (SSSR count). The number of carbonyl (C=O) groups is 1. The zero-order valence-corrected chi connectivity index (χ0v) is 18.3. The number of nitrogens with one attached hydrogen (secondary N) is 1. The van der Waals surface area contributed by atoms with Crippen LogP contribution in [0.3, 0.4) is 0 Å². The van der Waals surface area contributed by atoms with Gasteiger partial charge >= 0.3 is 0 Å². The number of halogens is 1. The average Bonchev–Trinajstić information content (AvgIpc) is 3.28. The van der Waals surface area contributed by atoms with Crippen molar-refractivity contribution < 1.29 is 14.1 Å². The lowest BCUT2D eigenvalue weighted by molar-refractivity contribution is 0.0933. The molecule has 0 atom stereocenters. The van der Waals surface area contributed by atoms with Crippen LogP contribution in [0, 0.1) is 5.92 Å². The summed E-state index contributed by atoms with van der Waals surface area (Å²) < 4.78 is 10.7. The van der Waals surface area contributed by atoms with Crippen molar-refractivity contribution in [3.05, 3.63) is 70.9 Å². The Kier molecular flexibility index (Phi) is 6.89. The molecule has 2 heterocycles. The number of benzene rings is 2. The number of carbonyl (C=O) groups excluding carboxylic acids is 1. The Hall–Kier alpha value is -2.83. The van der Waals surface area contributed by atoms with Crippen LogP contribution in [-0.4, -0.2) is 42.7 Å². The number of hydrogen-bond donors (Lipinski definition) is 1. The quantitative estimate of drug-likeness (QED) is 0.580. The number of hydrogen-bond acceptors (Lipinski definition) is 5. The van der Waals surface area contributed by atoms with Gasteiger partial charge in [-0.2, -0.15) is 0 Å². The number of nitrogens with zero attached hydrogens (tertiary/aromatic N) is 2. The van der Waals surface area contributed by atoms with Crippen molar-refractivity contribution in [2.45, 2.75) is 19.4 Å². The predicted octanol–water partition coefficient (Wildman–Crippen LogP) is 4.65. The van der Waals surface area contributed by atoms with Gasteiger partial charge in [-0.25, -0.2) is 0 Å². The molecule has 0 saturated carbocycles. The van der Waals surface area contributed by atoms with E-state index < -0.39 is 0 Å². The normalized spacial score (nSPS) is 15.0. The maximum atomic E-state index is 12.5.